The molecule has 0 heterocycles. The number of hydrogen-bond acceptors (Lipinski definition) is 2. The van der Waals surface area contributed by atoms with Crippen molar-refractivity contribution in [1.82, 2.24) is 0 Å². The van der Waals surface area contributed by atoms with Crippen LogP contribution in [0.25, 0.3) is 0 Å². The molecule has 1 fully saturated rings. The fourth-order valence-corrected chi connectivity index (χ4v) is 2.50. The predicted molar refractivity (Wildman–Crippen MR) is 55.8 cm³/mol. The van der Waals surface area contributed by atoms with E-state index in [9.17, 15) is 23.8 Å². The summed E-state index contributed by atoms with van der Waals surface area (Å²) in [4.78, 5) is 11.3. The van der Waals surface area contributed by atoms with Gasteiger partial charge in [0.1, 0.15) is 0 Å². The van der Waals surface area contributed by atoms with Gasteiger partial charge in [-0.15, -0.1) is 0 Å². The third-order valence-electron chi connectivity index (χ3n) is 3.45. The van der Waals surface area contributed by atoms with Crippen LogP contribution in [0.3, 0.4) is 0 Å². The SMILES string of the molecule is O=C(O)C1(c2ccc(F)c(F)c2O)CCCC1. The number of carboxylic acids is 1. The Labute approximate surface area is 96.7 Å². The minimum absolute atomic E-state index is 0.0265. The number of carboxylic acid groups (broad SMARTS) is 1. The van der Waals surface area contributed by atoms with Gasteiger partial charge in [-0.1, -0.05) is 18.9 Å². The van der Waals surface area contributed by atoms with E-state index in [2.05, 4.69) is 0 Å². The third kappa shape index (κ3) is 1.66. The highest BCUT2D eigenvalue weighted by Gasteiger charge is 2.45. The number of rotatable bonds is 2. The maximum absolute atomic E-state index is 13.3. The Kier molecular flexibility index (Phi) is 2.77. The maximum atomic E-state index is 13.3. The summed E-state index contributed by atoms with van der Waals surface area (Å²) in [5.74, 6) is -4.54. The summed E-state index contributed by atoms with van der Waals surface area (Å²) >= 11 is 0. The minimum atomic E-state index is -1.38. The molecule has 0 unspecified atom stereocenters. The monoisotopic (exact) mass is 242 g/mol. The number of aromatic hydroxyl groups is 1. The van der Waals surface area contributed by atoms with Crippen molar-refractivity contribution in [2.75, 3.05) is 0 Å². The molecule has 1 aromatic carbocycles. The summed E-state index contributed by atoms with van der Waals surface area (Å²) in [6.07, 6.45) is 2.07. The average Bonchev–Trinajstić information content (AvgIpc) is 2.76. The van der Waals surface area contributed by atoms with Crippen LogP contribution in [-0.4, -0.2) is 16.2 Å². The molecule has 0 bridgehead atoms. The Morgan fingerprint density at radius 2 is 1.82 bits per heavy atom. The molecule has 1 aliphatic carbocycles. The zero-order valence-electron chi connectivity index (χ0n) is 9.04. The van der Waals surface area contributed by atoms with Crippen LogP contribution in [0.2, 0.25) is 0 Å². The van der Waals surface area contributed by atoms with Crippen molar-refractivity contribution in [3.05, 3.63) is 29.3 Å². The molecule has 1 aromatic rings. The van der Waals surface area contributed by atoms with E-state index in [0.717, 1.165) is 12.1 Å². The Bertz CT molecular complexity index is 465. The number of halogens is 2. The lowest BCUT2D eigenvalue weighted by Gasteiger charge is -2.25. The second kappa shape index (κ2) is 3.98. The maximum Gasteiger partial charge on any atom is 0.314 e. The van der Waals surface area contributed by atoms with Gasteiger partial charge >= 0.3 is 5.97 Å². The summed E-state index contributed by atoms with van der Waals surface area (Å²) in [7, 11) is 0. The van der Waals surface area contributed by atoms with Crippen molar-refractivity contribution in [3.8, 4) is 5.75 Å². The molecule has 0 atom stereocenters. The highest BCUT2D eigenvalue weighted by atomic mass is 19.2. The first-order valence-corrected chi connectivity index (χ1v) is 5.40. The number of hydrogen-bond donors (Lipinski definition) is 2. The molecule has 5 heteroatoms. The second-order valence-electron chi connectivity index (χ2n) is 4.35. The highest BCUT2D eigenvalue weighted by Crippen LogP contribution is 2.45. The van der Waals surface area contributed by atoms with E-state index in [-0.39, 0.29) is 5.56 Å². The summed E-state index contributed by atoms with van der Waals surface area (Å²) in [5, 5.41) is 18.8. The molecule has 17 heavy (non-hydrogen) atoms. The summed E-state index contributed by atoms with van der Waals surface area (Å²) < 4.78 is 26.2. The molecular formula is C12H12F2O3. The van der Waals surface area contributed by atoms with Crippen LogP contribution in [0.15, 0.2) is 12.1 Å². The smallest absolute Gasteiger partial charge is 0.314 e. The van der Waals surface area contributed by atoms with Crippen molar-refractivity contribution < 1.29 is 23.8 Å². The number of phenolic OH excluding ortho intramolecular Hbond substituents is 1. The number of benzene rings is 1. The van der Waals surface area contributed by atoms with Gasteiger partial charge in [0.25, 0.3) is 0 Å². The summed E-state index contributed by atoms with van der Waals surface area (Å²) in [6.45, 7) is 0. The molecule has 0 aromatic heterocycles. The largest absolute Gasteiger partial charge is 0.505 e. The Hall–Kier alpha value is -1.65. The van der Waals surface area contributed by atoms with Crippen LogP contribution in [0.4, 0.5) is 8.78 Å². The van der Waals surface area contributed by atoms with E-state index in [0.29, 0.717) is 25.7 Å². The Morgan fingerprint density at radius 1 is 1.24 bits per heavy atom. The first kappa shape index (κ1) is 11.8. The van der Waals surface area contributed by atoms with Crippen LogP contribution >= 0.6 is 0 Å². The second-order valence-corrected chi connectivity index (χ2v) is 4.35. The summed E-state index contributed by atoms with van der Waals surface area (Å²) in [5.41, 5.74) is -1.31. The van der Waals surface area contributed by atoms with Crippen molar-refractivity contribution in [3.63, 3.8) is 0 Å². The number of phenols is 1. The molecule has 92 valence electrons. The molecule has 2 N–H and O–H groups in total. The van der Waals surface area contributed by atoms with E-state index in [4.69, 9.17) is 0 Å². The third-order valence-corrected chi connectivity index (χ3v) is 3.45. The highest BCUT2D eigenvalue weighted by molar-refractivity contribution is 5.82. The predicted octanol–water partition coefficient (Wildman–Crippen LogP) is 2.57. The van der Waals surface area contributed by atoms with Crippen molar-refractivity contribution in [2.24, 2.45) is 0 Å². The average molecular weight is 242 g/mol. The van der Waals surface area contributed by atoms with Crippen LogP contribution in [0.1, 0.15) is 31.2 Å². The standard InChI is InChI=1S/C12H12F2O3/c13-8-4-3-7(10(15)9(8)14)12(11(16)17)5-1-2-6-12/h3-4,15H,1-2,5-6H2,(H,16,17). The summed E-state index contributed by atoms with van der Waals surface area (Å²) in [6, 6.07) is 2.01. The van der Waals surface area contributed by atoms with Crippen LogP contribution in [-0.2, 0) is 10.2 Å². The van der Waals surface area contributed by atoms with Gasteiger partial charge in [0, 0.05) is 5.56 Å². The molecule has 1 saturated carbocycles. The molecule has 0 radical (unpaired) electrons. The van der Waals surface area contributed by atoms with E-state index >= 15 is 0 Å². The molecule has 0 aliphatic heterocycles. The first-order valence-electron chi connectivity index (χ1n) is 5.40. The van der Waals surface area contributed by atoms with Crippen LogP contribution in [0, 0.1) is 11.6 Å². The molecule has 3 nitrogen and oxygen atoms in total. The first-order chi connectivity index (χ1) is 7.99. The quantitative estimate of drug-likeness (QED) is 0.837. The Morgan fingerprint density at radius 3 is 2.35 bits per heavy atom. The van der Waals surface area contributed by atoms with Gasteiger partial charge in [-0.2, -0.15) is 4.39 Å². The van der Waals surface area contributed by atoms with Crippen molar-refractivity contribution in [2.45, 2.75) is 31.1 Å². The normalized spacial score (nSPS) is 18.2. The minimum Gasteiger partial charge on any atom is -0.505 e. The fourth-order valence-electron chi connectivity index (χ4n) is 2.50. The van der Waals surface area contributed by atoms with Gasteiger partial charge in [0.15, 0.2) is 11.6 Å². The zero-order valence-corrected chi connectivity index (χ0v) is 9.04. The van der Waals surface area contributed by atoms with Gasteiger partial charge in [-0.25, -0.2) is 4.39 Å². The van der Waals surface area contributed by atoms with Crippen LogP contribution < -0.4 is 0 Å². The van der Waals surface area contributed by atoms with Crippen LogP contribution in [0.5, 0.6) is 5.75 Å². The van der Waals surface area contributed by atoms with Crippen molar-refractivity contribution >= 4 is 5.97 Å². The van der Waals surface area contributed by atoms with Gasteiger partial charge in [-0.3, -0.25) is 4.79 Å². The van der Waals surface area contributed by atoms with E-state index in [1.807, 2.05) is 0 Å². The van der Waals surface area contributed by atoms with E-state index in [1.54, 1.807) is 0 Å². The topological polar surface area (TPSA) is 57.5 Å². The van der Waals surface area contributed by atoms with E-state index < -0.39 is 28.8 Å². The number of carbonyl (C=O) groups is 1. The molecule has 0 saturated heterocycles. The lowest BCUT2D eigenvalue weighted by Crippen LogP contribution is -2.32. The van der Waals surface area contributed by atoms with Gasteiger partial charge in [0.05, 0.1) is 5.41 Å². The zero-order chi connectivity index (χ0) is 12.6. The Balaban J connectivity index is 2.59. The molecule has 0 amide bonds. The molecule has 1 aliphatic rings. The molecule has 0 spiro atoms. The fraction of sp³-hybridized carbons (Fsp3) is 0.417. The van der Waals surface area contributed by atoms with Gasteiger partial charge in [0.2, 0.25) is 5.82 Å². The van der Waals surface area contributed by atoms with Crippen molar-refractivity contribution in [1.29, 1.82) is 0 Å². The van der Waals surface area contributed by atoms with Gasteiger partial charge in [-0.05, 0) is 18.9 Å². The van der Waals surface area contributed by atoms with Gasteiger partial charge < -0.3 is 10.2 Å². The number of aliphatic carboxylic acids is 1. The molecular weight excluding hydrogens is 230 g/mol. The lowest BCUT2D eigenvalue weighted by atomic mass is 9.78. The van der Waals surface area contributed by atoms with E-state index in [1.165, 1.54) is 0 Å². The lowest BCUT2D eigenvalue weighted by molar-refractivity contribution is -0.143. The molecule has 2 rings (SSSR count).